The first-order valence-corrected chi connectivity index (χ1v) is 5.40. The minimum Gasteiger partial charge on any atom is -0.479 e. The summed E-state index contributed by atoms with van der Waals surface area (Å²) in [4.78, 5) is 22.1. The summed E-state index contributed by atoms with van der Waals surface area (Å²) in [6.07, 6.45) is 1.10. The normalized spacial score (nSPS) is 12.1. The summed E-state index contributed by atoms with van der Waals surface area (Å²) in [6.45, 7) is 2.42. The zero-order valence-corrected chi connectivity index (χ0v) is 9.59. The number of aliphatic carboxylic acids is 1. The molecule has 1 aromatic rings. The molecule has 0 spiro atoms. The molecule has 1 amide bonds. The lowest BCUT2D eigenvalue weighted by molar-refractivity contribution is -0.146. The Hall–Kier alpha value is -1.82. The van der Waals surface area contributed by atoms with Crippen LogP contribution < -0.4 is 5.32 Å². The maximum absolute atomic E-state index is 11.7. The quantitative estimate of drug-likeness (QED) is 0.656. The average molecular weight is 240 g/mol. The predicted molar refractivity (Wildman–Crippen MR) is 60.7 cm³/mol. The number of carbonyl (C=O) groups excluding carboxylic acids is 1. The van der Waals surface area contributed by atoms with Gasteiger partial charge in [0.2, 0.25) is 0 Å². The van der Waals surface area contributed by atoms with Crippen molar-refractivity contribution in [1.82, 2.24) is 9.88 Å². The number of amides is 1. The lowest BCUT2D eigenvalue weighted by Crippen LogP contribution is -2.37. The molecule has 6 heteroatoms. The minimum atomic E-state index is -1.58. The molecule has 3 N–H and O–H groups in total. The largest absolute Gasteiger partial charge is 0.479 e. The molecular weight excluding hydrogens is 224 g/mol. The molecule has 1 rings (SSSR count). The van der Waals surface area contributed by atoms with Crippen LogP contribution in [0.5, 0.6) is 0 Å². The number of hydrogen-bond donors (Lipinski definition) is 3. The monoisotopic (exact) mass is 240 g/mol. The van der Waals surface area contributed by atoms with Gasteiger partial charge in [0.05, 0.1) is 6.54 Å². The third kappa shape index (κ3) is 3.60. The predicted octanol–water partition coefficient (Wildman–Crippen LogP) is 0.0734. The highest BCUT2D eigenvalue weighted by Crippen LogP contribution is 2.03. The fraction of sp³-hybridized carbons (Fsp3) is 0.455. The van der Waals surface area contributed by atoms with Gasteiger partial charge in [0.15, 0.2) is 6.10 Å². The van der Waals surface area contributed by atoms with E-state index < -0.39 is 12.1 Å². The van der Waals surface area contributed by atoms with Gasteiger partial charge < -0.3 is 20.1 Å². The fourth-order valence-corrected chi connectivity index (χ4v) is 1.42. The molecule has 0 radical (unpaired) electrons. The third-order valence-corrected chi connectivity index (χ3v) is 2.27. The highest BCUT2D eigenvalue weighted by atomic mass is 16.4. The number of aliphatic hydroxyl groups excluding tert-OH is 1. The second kappa shape index (κ2) is 6.05. The van der Waals surface area contributed by atoms with Crippen molar-refractivity contribution in [2.75, 3.05) is 6.54 Å². The Morgan fingerprint density at radius 1 is 1.53 bits per heavy atom. The highest BCUT2D eigenvalue weighted by Gasteiger charge is 2.16. The van der Waals surface area contributed by atoms with E-state index in [0.29, 0.717) is 5.69 Å². The molecule has 0 aliphatic carbocycles. The second-order valence-electron chi connectivity index (χ2n) is 3.65. The Balaban J connectivity index is 2.57. The van der Waals surface area contributed by atoms with Gasteiger partial charge in [0, 0.05) is 12.7 Å². The fourth-order valence-electron chi connectivity index (χ4n) is 1.42. The number of carboxylic acids is 1. The second-order valence-corrected chi connectivity index (χ2v) is 3.65. The number of nitrogens with zero attached hydrogens (tertiary/aromatic N) is 1. The Kier molecular flexibility index (Phi) is 4.71. The van der Waals surface area contributed by atoms with Gasteiger partial charge in [-0.2, -0.15) is 0 Å². The first-order valence-electron chi connectivity index (χ1n) is 5.40. The van der Waals surface area contributed by atoms with Gasteiger partial charge in [-0.25, -0.2) is 4.79 Å². The Labute approximate surface area is 98.9 Å². The smallest absolute Gasteiger partial charge is 0.334 e. The van der Waals surface area contributed by atoms with Gasteiger partial charge in [-0.3, -0.25) is 4.79 Å². The molecule has 1 heterocycles. The number of aliphatic hydroxyl groups is 1. The van der Waals surface area contributed by atoms with Crippen molar-refractivity contribution >= 4 is 11.9 Å². The van der Waals surface area contributed by atoms with E-state index in [1.807, 2.05) is 6.92 Å². The Morgan fingerprint density at radius 2 is 2.24 bits per heavy atom. The minimum absolute atomic E-state index is 0.300. The zero-order chi connectivity index (χ0) is 12.8. The van der Waals surface area contributed by atoms with Crippen LogP contribution in [0.3, 0.4) is 0 Å². The molecule has 0 aliphatic rings. The molecule has 17 heavy (non-hydrogen) atoms. The lowest BCUT2D eigenvalue weighted by Gasteiger charge is -2.10. The molecule has 0 fully saturated rings. The summed E-state index contributed by atoms with van der Waals surface area (Å²) < 4.78 is 1.78. The van der Waals surface area contributed by atoms with Crippen LogP contribution in [0.1, 0.15) is 23.8 Å². The van der Waals surface area contributed by atoms with E-state index in [2.05, 4.69) is 5.32 Å². The molecule has 1 atom stereocenters. The molecule has 0 saturated carbocycles. The maximum Gasteiger partial charge on any atom is 0.334 e. The molecule has 0 aliphatic heterocycles. The van der Waals surface area contributed by atoms with Crippen LogP contribution >= 0.6 is 0 Å². The van der Waals surface area contributed by atoms with Crippen LogP contribution in [0.25, 0.3) is 0 Å². The molecule has 1 aromatic heterocycles. The van der Waals surface area contributed by atoms with E-state index >= 15 is 0 Å². The van der Waals surface area contributed by atoms with Crippen LogP contribution in [0.4, 0.5) is 0 Å². The van der Waals surface area contributed by atoms with Crippen molar-refractivity contribution in [2.45, 2.75) is 26.0 Å². The Morgan fingerprint density at radius 3 is 2.82 bits per heavy atom. The summed E-state index contributed by atoms with van der Waals surface area (Å²) in [5, 5.41) is 19.9. The van der Waals surface area contributed by atoms with Crippen LogP contribution in [0, 0.1) is 0 Å². The summed E-state index contributed by atoms with van der Waals surface area (Å²) in [6, 6.07) is 3.40. The summed E-state index contributed by atoms with van der Waals surface area (Å²) in [5.41, 5.74) is 0.462. The molecule has 0 aromatic carbocycles. The zero-order valence-electron chi connectivity index (χ0n) is 9.59. The van der Waals surface area contributed by atoms with E-state index in [-0.39, 0.29) is 12.5 Å². The van der Waals surface area contributed by atoms with Crippen molar-refractivity contribution < 1.29 is 19.8 Å². The van der Waals surface area contributed by atoms with Crippen LogP contribution in [-0.2, 0) is 11.3 Å². The number of aryl methyl sites for hydroxylation is 1. The van der Waals surface area contributed by atoms with Crippen LogP contribution in [-0.4, -0.2) is 39.3 Å². The van der Waals surface area contributed by atoms with Gasteiger partial charge in [-0.1, -0.05) is 6.92 Å². The van der Waals surface area contributed by atoms with Crippen molar-refractivity contribution in [1.29, 1.82) is 0 Å². The standard InChI is InChI=1S/C11H16N2O4/c1-2-5-13-6-3-4-8(13)10(15)12-7-9(14)11(16)17/h3-4,6,9,14H,2,5,7H2,1H3,(H,12,15)(H,16,17). The number of carbonyl (C=O) groups is 2. The number of aromatic nitrogens is 1. The Bertz CT molecular complexity index is 400. The van der Waals surface area contributed by atoms with Gasteiger partial charge in [0.25, 0.3) is 5.91 Å². The van der Waals surface area contributed by atoms with E-state index in [0.717, 1.165) is 13.0 Å². The summed E-state index contributed by atoms with van der Waals surface area (Å²) >= 11 is 0. The van der Waals surface area contributed by atoms with E-state index in [4.69, 9.17) is 10.2 Å². The lowest BCUT2D eigenvalue weighted by atomic mass is 10.3. The van der Waals surface area contributed by atoms with Crippen molar-refractivity contribution in [3.05, 3.63) is 24.0 Å². The van der Waals surface area contributed by atoms with Gasteiger partial charge >= 0.3 is 5.97 Å². The summed E-state index contributed by atoms with van der Waals surface area (Å²) in [5.74, 6) is -1.74. The van der Waals surface area contributed by atoms with E-state index in [9.17, 15) is 9.59 Å². The first kappa shape index (κ1) is 13.2. The average Bonchev–Trinajstić information content (AvgIpc) is 2.74. The van der Waals surface area contributed by atoms with Crippen molar-refractivity contribution in [3.63, 3.8) is 0 Å². The van der Waals surface area contributed by atoms with Crippen LogP contribution in [0.15, 0.2) is 18.3 Å². The summed E-state index contributed by atoms with van der Waals surface area (Å²) in [7, 11) is 0. The van der Waals surface area contributed by atoms with Gasteiger partial charge in [-0.15, -0.1) is 0 Å². The number of nitrogens with one attached hydrogen (secondary N) is 1. The van der Waals surface area contributed by atoms with Crippen LogP contribution in [0.2, 0.25) is 0 Å². The van der Waals surface area contributed by atoms with Crippen molar-refractivity contribution in [3.8, 4) is 0 Å². The number of rotatable bonds is 6. The highest BCUT2D eigenvalue weighted by molar-refractivity contribution is 5.93. The molecule has 6 nitrogen and oxygen atoms in total. The van der Waals surface area contributed by atoms with Gasteiger partial charge in [-0.05, 0) is 18.6 Å². The number of carboxylic acid groups (broad SMARTS) is 1. The molecular formula is C11H16N2O4. The number of hydrogen-bond acceptors (Lipinski definition) is 3. The first-order chi connectivity index (χ1) is 8.06. The van der Waals surface area contributed by atoms with Gasteiger partial charge in [0.1, 0.15) is 5.69 Å². The molecule has 0 bridgehead atoms. The van der Waals surface area contributed by atoms with E-state index in [1.54, 1.807) is 22.9 Å². The molecule has 94 valence electrons. The SMILES string of the molecule is CCCn1cccc1C(=O)NCC(O)C(=O)O. The third-order valence-electron chi connectivity index (χ3n) is 2.27. The van der Waals surface area contributed by atoms with E-state index in [1.165, 1.54) is 0 Å². The maximum atomic E-state index is 11.7. The molecule has 1 unspecified atom stereocenters. The molecule has 0 saturated heterocycles. The topological polar surface area (TPSA) is 91.6 Å². The van der Waals surface area contributed by atoms with Crippen molar-refractivity contribution in [2.24, 2.45) is 0 Å².